The number of benzene rings is 2. The normalized spacial score (nSPS) is 15.9. The Labute approximate surface area is 150 Å². The van der Waals surface area contributed by atoms with Crippen LogP contribution in [0.5, 0.6) is 5.75 Å². The van der Waals surface area contributed by atoms with E-state index < -0.39 is 0 Å². The maximum atomic E-state index is 13.0. The largest absolute Gasteiger partial charge is 0.497 e. The van der Waals surface area contributed by atoms with Gasteiger partial charge in [-0.1, -0.05) is 18.2 Å². The van der Waals surface area contributed by atoms with Gasteiger partial charge in [0.1, 0.15) is 16.5 Å². The van der Waals surface area contributed by atoms with Crippen molar-refractivity contribution in [3.63, 3.8) is 0 Å². The Morgan fingerprint density at radius 2 is 1.96 bits per heavy atom. The Morgan fingerprint density at radius 3 is 2.72 bits per heavy atom. The zero-order valence-electron chi connectivity index (χ0n) is 14.1. The summed E-state index contributed by atoms with van der Waals surface area (Å²) in [5, 5.41) is 2.68. The van der Waals surface area contributed by atoms with Gasteiger partial charge in [0.15, 0.2) is 0 Å². The lowest BCUT2D eigenvalue weighted by molar-refractivity contribution is 0.0977. The van der Waals surface area contributed by atoms with E-state index in [1.54, 1.807) is 7.11 Å². The number of anilines is 1. The second-order valence-electron chi connectivity index (χ2n) is 6.12. The molecule has 3 aromatic rings. The fourth-order valence-electron chi connectivity index (χ4n) is 3.24. The lowest BCUT2D eigenvalue weighted by Gasteiger charge is -2.21. The van der Waals surface area contributed by atoms with Gasteiger partial charge in [-0.15, -0.1) is 11.3 Å². The van der Waals surface area contributed by atoms with Crippen molar-refractivity contribution in [2.45, 2.75) is 19.4 Å². The van der Waals surface area contributed by atoms with Gasteiger partial charge in [0, 0.05) is 22.7 Å². The van der Waals surface area contributed by atoms with E-state index in [0.29, 0.717) is 5.69 Å². The van der Waals surface area contributed by atoms with Gasteiger partial charge in [-0.05, 0) is 49.2 Å². The molecule has 0 N–H and O–H groups in total. The minimum atomic E-state index is -0.0338. The number of hydrogen-bond acceptors (Lipinski definition) is 4. The summed E-state index contributed by atoms with van der Waals surface area (Å²) in [6.07, 6.45) is 0.886. The van der Waals surface area contributed by atoms with Crippen LogP contribution in [0.2, 0.25) is 0 Å². The Kier molecular flexibility index (Phi) is 4.01. The number of amides is 1. The molecular formula is C20H18N2O2S. The van der Waals surface area contributed by atoms with Crippen LogP contribution in [0.15, 0.2) is 53.9 Å². The van der Waals surface area contributed by atoms with Crippen LogP contribution < -0.4 is 9.64 Å². The zero-order valence-corrected chi connectivity index (χ0v) is 14.9. The number of para-hydroxylation sites is 1. The van der Waals surface area contributed by atoms with Crippen LogP contribution in [0, 0.1) is 0 Å². The van der Waals surface area contributed by atoms with Crippen molar-refractivity contribution in [3.8, 4) is 16.3 Å². The van der Waals surface area contributed by atoms with Gasteiger partial charge in [0.25, 0.3) is 5.91 Å². The molecule has 1 aromatic heterocycles. The number of hydrogen-bond donors (Lipinski definition) is 0. The second kappa shape index (κ2) is 6.33. The maximum absolute atomic E-state index is 13.0. The van der Waals surface area contributed by atoms with Crippen molar-refractivity contribution in [3.05, 3.63) is 65.2 Å². The highest BCUT2D eigenvalue weighted by atomic mass is 32.1. The van der Waals surface area contributed by atoms with Crippen molar-refractivity contribution in [1.29, 1.82) is 0 Å². The number of nitrogens with zero attached hydrogens (tertiary/aromatic N) is 2. The summed E-state index contributed by atoms with van der Waals surface area (Å²) < 4.78 is 5.18. The lowest BCUT2D eigenvalue weighted by atomic mass is 10.1. The molecule has 0 saturated carbocycles. The number of fused-ring (bicyclic) bond motifs is 1. The second-order valence-corrected chi connectivity index (χ2v) is 6.98. The first kappa shape index (κ1) is 15.8. The number of carbonyl (C=O) groups excluding carboxylic acids is 1. The third-order valence-electron chi connectivity index (χ3n) is 4.49. The first-order chi connectivity index (χ1) is 12.2. The lowest BCUT2D eigenvalue weighted by Crippen LogP contribution is -2.35. The van der Waals surface area contributed by atoms with Crippen molar-refractivity contribution < 1.29 is 9.53 Å². The first-order valence-electron chi connectivity index (χ1n) is 8.19. The highest BCUT2D eigenvalue weighted by Gasteiger charge is 2.32. The van der Waals surface area contributed by atoms with Crippen molar-refractivity contribution in [1.82, 2.24) is 4.98 Å². The van der Waals surface area contributed by atoms with E-state index >= 15 is 0 Å². The highest BCUT2D eigenvalue weighted by Crippen LogP contribution is 2.34. The summed E-state index contributed by atoms with van der Waals surface area (Å²) in [5.41, 5.74) is 3.70. The molecular weight excluding hydrogens is 332 g/mol. The molecule has 5 heteroatoms. The van der Waals surface area contributed by atoms with Crippen LogP contribution in [0.1, 0.15) is 23.0 Å². The Balaban J connectivity index is 1.62. The Morgan fingerprint density at radius 1 is 1.20 bits per heavy atom. The Hall–Kier alpha value is -2.66. The smallest absolute Gasteiger partial charge is 0.278 e. The minimum absolute atomic E-state index is 0.0338. The van der Waals surface area contributed by atoms with Crippen LogP contribution in [-0.2, 0) is 6.42 Å². The van der Waals surface area contributed by atoms with Gasteiger partial charge >= 0.3 is 0 Å². The predicted molar refractivity (Wildman–Crippen MR) is 101 cm³/mol. The molecule has 2 heterocycles. The van der Waals surface area contributed by atoms with E-state index in [0.717, 1.165) is 28.4 Å². The predicted octanol–water partition coefficient (Wildman–Crippen LogP) is 4.41. The average molecular weight is 350 g/mol. The van der Waals surface area contributed by atoms with E-state index in [4.69, 9.17) is 4.74 Å². The molecule has 0 radical (unpaired) electrons. The molecule has 1 aliphatic heterocycles. The van der Waals surface area contributed by atoms with E-state index in [-0.39, 0.29) is 11.9 Å². The molecule has 1 atom stereocenters. The molecule has 1 unspecified atom stereocenters. The summed E-state index contributed by atoms with van der Waals surface area (Å²) in [4.78, 5) is 19.5. The molecule has 0 fully saturated rings. The summed E-state index contributed by atoms with van der Waals surface area (Å²) >= 11 is 1.49. The summed E-state index contributed by atoms with van der Waals surface area (Å²) in [5.74, 6) is 0.771. The Bertz CT molecular complexity index is 917. The maximum Gasteiger partial charge on any atom is 0.278 e. The molecule has 0 spiro atoms. The van der Waals surface area contributed by atoms with Crippen LogP contribution in [0.3, 0.4) is 0 Å². The highest BCUT2D eigenvalue weighted by molar-refractivity contribution is 7.13. The first-order valence-corrected chi connectivity index (χ1v) is 9.07. The van der Waals surface area contributed by atoms with Gasteiger partial charge in [-0.25, -0.2) is 4.98 Å². The molecule has 0 bridgehead atoms. The van der Waals surface area contributed by atoms with Crippen LogP contribution in [0.25, 0.3) is 10.6 Å². The number of methoxy groups -OCH3 is 1. The zero-order chi connectivity index (χ0) is 17.4. The van der Waals surface area contributed by atoms with Gasteiger partial charge in [0.05, 0.1) is 7.11 Å². The monoisotopic (exact) mass is 350 g/mol. The van der Waals surface area contributed by atoms with Crippen molar-refractivity contribution in [2.24, 2.45) is 0 Å². The summed E-state index contributed by atoms with van der Waals surface area (Å²) in [6, 6.07) is 15.9. The number of thiazole rings is 1. The topological polar surface area (TPSA) is 42.4 Å². The fourth-order valence-corrected chi connectivity index (χ4v) is 4.04. The number of aromatic nitrogens is 1. The summed E-state index contributed by atoms with van der Waals surface area (Å²) in [6.45, 7) is 2.08. The number of rotatable bonds is 3. The van der Waals surface area contributed by atoms with Gasteiger partial charge in [-0.2, -0.15) is 0 Å². The molecule has 2 aromatic carbocycles. The van der Waals surface area contributed by atoms with E-state index in [9.17, 15) is 4.79 Å². The quantitative estimate of drug-likeness (QED) is 0.703. The van der Waals surface area contributed by atoms with Crippen LogP contribution in [-0.4, -0.2) is 24.0 Å². The third kappa shape index (κ3) is 2.81. The molecule has 0 aliphatic carbocycles. The SMILES string of the molecule is COc1ccc(-c2nc(C(=O)N3c4ccccc4CC3C)cs2)cc1. The van der Waals surface area contributed by atoms with Crippen molar-refractivity contribution in [2.75, 3.05) is 12.0 Å². The molecule has 1 amide bonds. The van der Waals surface area contributed by atoms with E-state index in [2.05, 4.69) is 18.0 Å². The third-order valence-corrected chi connectivity index (χ3v) is 5.38. The minimum Gasteiger partial charge on any atom is -0.497 e. The van der Waals surface area contributed by atoms with Crippen LogP contribution >= 0.6 is 11.3 Å². The molecule has 4 nitrogen and oxygen atoms in total. The van der Waals surface area contributed by atoms with Crippen LogP contribution in [0.4, 0.5) is 5.69 Å². The van der Waals surface area contributed by atoms with Gasteiger partial charge in [-0.3, -0.25) is 4.79 Å². The van der Waals surface area contributed by atoms with Gasteiger partial charge in [0.2, 0.25) is 0 Å². The van der Waals surface area contributed by atoms with Gasteiger partial charge < -0.3 is 9.64 Å². The van der Waals surface area contributed by atoms with Crippen molar-refractivity contribution >= 4 is 22.9 Å². The fraction of sp³-hybridized carbons (Fsp3) is 0.200. The summed E-state index contributed by atoms with van der Waals surface area (Å²) in [7, 11) is 1.64. The van der Waals surface area contributed by atoms with E-state index in [1.165, 1.54) is 16.9 Å². The average Bonchev–Trinajstić information content (AvgIpc) is 3.25. The van der Waals surface area contributed by atoms with E-state index in [1.807, 2.05) is 52.7 Å². The molecule has 126 valence electrons. The molecule has 25 heavy (non-hydrogen) atoms. The molecule has 0 saturated heterocycles. The number of carbonyl (C=O) groups is 1. The standard InChI is InChI=1S/C20H18N2O2S/c1-13-11-15-5-3-4-6-18(15)22(13)20(23)17-12-25-19(21-17)14-7-9-16(24-2)10-8-14/h3-10,12-13H,11H2,1-2H3. The molecule has 4 rings (SSSR count). The molecule has 1 aliphatic rings. The number of ether oxygens (including phenoxy) is 1.